The molecule has 4 atom stereocenters. The molecule has 0 unspecified atom stereocenters. The minimum Gasteiger partial charge on any atom is -0.481 e. The Balaban J connectivity index is 2.17. The summed E-state index contributed by atoms with van der Waals surface area (Å²) in [7, 11) is 3.50. The zero-order valence-corrected chi connectivity index (χ0v) is 42.3. The Morgan fingerprint density at radius 1 is 0.579 bits per heavy atom. The third kappa shape index (κ3) is 23.9. The smallest absolute Gasteiger partial charge is 0.481 e. The fraction of sp³-hybridized carbons (Fsp3) is 0.600. The molecule has 0 spiro atoms. The number of aliphatic carboxylic acids is 3. The number of amides is 8. The van der Waals surface area contributed by atoms with E-state index in [0.717, 1.165) is 38.5 Å². The van der Waals surface area contributed by atoms with Crippen molar-refractivity contribution in [3.8, 4) is 5.75 Å². The molecule has 1 fully saturated rings. The molecule has 0 aliphatic carbocycles. The van der Waals surface area contributed by atoms with E-state index in [9.17, 15) is 86.0 Å². The molecule has 424 valence electrons. The third-order valence-corrected chi connectivity index (χ3v) is 11.2. The van der Waals surface area contributed by atoms with Crippen molar-refractivity contribution in [1.29, 1.82) is 0 Å². The molecule has 1 aromatic rings. The highest BCUT2D eigenvalue weighted by Crippen LogP contribution is 2.23. The molecule has 1 aromatic carbocycles. The van der Waals surface area contributed by atoms with E-state index in [-0.39, 0.29) is 71.0 Å². The van der Waals surface area contributed by atoms with Gasteiger partial charge in [-0.15, -0.1) is 13.2 Å². The second-order valence-corrected chi connectivity index (χ2v) is 17.2. The number of hydrogen-bond donors (Lipinski definition) is 8. The van der Waals surface area contributed by atoms with Gasteiger partial charge in [0.1, 0.15) is 23.9 Å². The minimum absolute atomic E-state index is 0.00143. The molecule has 1 aliphatic heterocycles. The summed E-state index contributed by atoms with van der Waals surface area (Å²) in [6.07, 6.45) is -11.6. The molecule has 76 heavy (non-hydrogen) atoms. The Hall–Kier alpha value is -7.99. The normalized spacial score (nSPS) is 15.1. The highest BCUT2D eigenvalue weighted by molar-refractivity contribution is 5.98. The zero-order chi connectivity index (χ0) is 57.3. The number of methoxy groups -OCH3 is 3. The average molecular weight is 1090 g/mol. The van der Waals surface area contributed by atoms with Crippen molar-refractivity contribution in [2.45, 2.75) is 82.9 Å². The van der Waals surface area contributed by atoms with Crippen molar-refractivity contribution in [3.63, 3.8) is 0 Å². The maximum atomic E-state index is 13.7. The number of hydrogen-bond acceptors (Lipinski definition) is 17. The van der Waals surface area contributed by atoms with Crippen LogP contribution in [0.3, 0.4) is 0 Å². The molecule has 0 aromatic heterocycles. The van der Waals surface area contributed by atoms with Crippen LogP contribution >= 0.6 is 0 Å². The van der Waals surface area contributed by atoms with Crippen LogP contribution in [0.4, 0.5) is 27.6 Å². The molecular weight excluding hydrogens is 1030 g/mol. The van der Waals surface area contributed by atoms with Crippen LogP contribution in [0.5, 0.6) is 5.75 Å². The molecule has 8 N–H and O–H groups in total. The van der Waals surface area contributed by atoms with Crippen LogP contribution < -0.4 is 31.3 Å². The largest absolute Gasteiger partial charge is 0.573 e. The molecule has 1 heterocycles. The SMILES string of the molecule is COC(=O)N1CCN(CC(=O)NCCC(=O)N[C@@H](CC(=O)O)C(=O)N[C@@H](CCC(=O)O)C(=O)N[C@H](C(=O)N[C@@H](CC(=O)O)C(=O)Cc2ccc(OC(F)(F)F)cc2)C(C)C)CCN(C(=O)OC)CCN(C(=O)OC)CC1. The lowest BCUT2D eigenvalue weighted by Gasteiger charge is -2.32. The predicted octanol–water partition coefficient (Wildman–Crippen LogP) is -0.867. The number of carboxylic acids is 3. The number of alkyl halides is 3. The summed E-state index contributed by atoms with van der Waals surface area (Å²) in [5.74, 6) is -12.1. The van der Waals surface area contributed by atoms with Gasteiger partial charge in [-0.05, 0) is 30.0 Å². The maximum absolute atomic E-state index is 13.7. The Morgan fingerprint density at radius 2 is 1.04 bits per heavy atom. The Labute approximate surface area is 433 Å². The molecule has 1 aliphatic rings. The van der Waals surface area contributed by atoms with Gasteiger partial charge in [-0.2, -0.15) is 0 Å². The van der Waals surface area contributed by atoms with Gasteiger partial charge in [0, 0.05) is 78.2 Å². The van der Waals surface area contributed by atoms with Crippen molar-refractivity contribution < 1.29 is 105 Å². The van der Waals surface area contributed by atoms with Gasteiger partial charge >= 0.3 is 42.5 Å². The van der Waals surface area contributed by atoms with E-state index in [0.29, 0.717) is 0 Å². The van der Waals surface area contributed by atoms with E-state index in [4.69, 9.17) is 14.2 Å². The van der Waals surface area contributed by atoms with Crippen LogP contribution in [0, 0.1) is 5.92 Å². The molecule has 0 radical (unpaired) electrons. The number of nitrogens with one attached hydrogen (secondary N) is 5. The highest BCUT2D eigenvalue weighted by atomic mass is 19.4. The Bertz CT molecular complexity index is 2190. The first-order valence-corrected chi connectivity index (χ1v) is 23.4. The summed E-state index contributed by atoms with van der Waals surface area (Å²) in [6.45, 7) is 2.29. The van der Waals surface area contributed by atoms with Crippen LogP contribution in [-0.4, -0.2) is 224 Å². The number of halogens is 3. The van der Waals surface area contributed by atoms with Crippen molar-refractivity contribution >= 4 is 71.5 Å². The van der Waals surface area contributed by atoms with Crippen molar-refractivity contribution in [1.82, 2.24) is 46.2 Å². The lowest BCUT2D eigenvalue weighted by molar-refractivity contribution is -0.274. The first-order chi connectivity index (χ1) is 35.7. The number of Topliss-reactive ketones (excluding diaryl/α,β-unsaturated/α-hetero) is 1. The van der Waals surface area contributed by atoms with E-state index in [1.807, 2.05) is 0 Å². The number of nitrogens with zero attached hydrogens (tertiary/aromatic N) is 4. The Kier molecular flexibility index (Phi) is 26.7. The van der Waals surface area contributed by atoms with Crippen LogP contribution in [0.15, 0.2) is 24.3 Å². The van der Waals surface area contributed by atoms with Gasteiger partial charge in [0.25, 0.3) is 0 Å². The molecule has 8 amide bonds. The van der Waals surface area contributed by atoms with E-state index in [1.54, 1.807) is 4.90 Å². The van der Waals surface area contributed by atoms with E-state index in [1.165, 1.54) is 35.7 Å². The van der Waals surface area contributed by atoms with Gasteiger partial charge in [0.15, 0.2) is 5.78 Å². The van der Waals surface area contributed by atoms with Gasteiger partial charge in [-0.25, -0.2) is 14.4 Å². The number of carbonyl (C=O) groups excluding carboxylic acids is 9. The monoisotopic (exact) mass is 1090 g/mol. The van der Waals surface area contributed by atoms with Crippen molar-refractivity contribution in [2.24, 2.45) is 5.92 Å². The lowest BCUT2D eigenvalue weighted by atomic mass is 9.98. The minimum atomic E-state index is -5.00. The molecule has 0 saturated carbocycles. The standard InChI is InChI=1S/C45H64F3N9O19/c1-26(2)38(41(69)52-30(23-36(63)64)32(58)22-27-6-8-28(9-7-27)76-45(46,47)48)53-39(67)29(10-11-35(61)62)51-40(68)31(24-37(65)66)50-33(59)12-13-49-34(60)25-54-14-16-55(42(70)73-3)18-20-57(44(72)75-5)21-19-56(17-15-54)43(71)74-4/h6-9,26,29-31,38H,10-25H2,1-5H3,(H,49,60)(H,50,59)(H,51,68)(H,52,69)(H,53,67)(H,61,62)(H,63,64)(H,65,66)/t29-,30-,31-,38-/m0/s1. The molecule has 31 heteroatoms. The first kappa shape index (κ1) is 64.1. The van der Waals surface area contributed by atoms with Gasteiger partial charge in [-0.1, -0.05) is 26.0 Å². The molecular formula is C45H64F3N9O19. The summed E-state index contributed by atoms with van der Waals surface area (Å²) in [4.78, 5) is 158. The Morgan fingerprint density at radius 3 is 1.49 bits per heavy atom. The number of ketones is 1. The number of benzene rings is 1. The predicted molar refractivity (Wildman–Crippen MR) is 252 cm³/mol. The van der Waals surface area contributed by atoms with Crippen LogP contribution in [0.2, 0.25) is 0 Å². The van der Waals surface area contributed by atoms with Crippen molar-refractivity contribution in [2.75, 3.05) is 86.8 Å². The molecule has 28 nitrogen and oxygen atoms in total. The average Bonchev–Trinajstić information content (AvgIpc) is 3.33. The summed E-state index contributed by atoms with van der Waals surface area (Å²) >= 11 is 0. The number of carbonyl (C=O) groups is 12. The van der Waals surface area contributed by atoms with Crippen molar-refractivity contribution in [3.05, 3.63) is 29.8 Å². The number of rotatable bonds is 24. The second-order valence-electron chi connectivity index (χ2n) is 17.2. The van der Waals surface area contributed by atoms with E-state index >= 15 is 0 Å². The molecule has 0 bridgehead atoms. The van der Waals surface area contributed by atoms with Gasteiger partial charge in [-0.3, -0.25) is 48.1 Å². The van der Waals surface area contributed by atoms with Gasteiger partial charge < -0.3 is 75.6 Å². The fourth-order valence-electron chi connectivity index (χ4n) is 7.18. The topological polar surface area (TPSA) is 376 Å². The summed E-state index contributed by atoms with van der Waals surface area (Å²) < 4.78 is 56.1. The van der Waals surface area contributed by atoms with E-state index in [2.05, 4.69) is 31.3 Å². The third-order valence-electron chi connectivity index (χ3n) is 11.2. The van der Waals surface area contributed by atoms with Crippen LogP contribution in [-0.2, 0) is 63.8 Å². The quantitative estimate of drug-likeness (QED) is 0.0584. The van der Waals surface area contributed by atoms with Gasteiger partial charge in [0.05, 0.1) is 46.8 Å². The fourth-order valence-corrected chi connectivity index (χ4v) is 7.18. The van der Waals surface area contributed by atoms with Crippen LogP contribution in [0.1, 0.15) is 51.5 Å². The number of ether oxygens (including phenoxy) is 4. The zero-order valence-electron chi connectivity index (χ0n) is 42.3. The van der Waals surface area contributed by atoms with Gasteiger partial charge in [0.2, 0.25) is 29.5 Å². The maximum Gasteiger partial charge on any atom is 0.573 e. The molecule has 1 saturated heterocycles. The summed E-state index contributed by atoms with van der Waals surface area (Å²) in [5, 5.41) is 39.9. The second kappa shape index (κ2) is 31.7. The summed E-state index contributed by atoms with van der Waals surface area (Å²) in [6, 6.07) is -2.96. The van der Waals surface area contributed by atoms with E-state index < -0.39 is 152 Å². The highest BCUT2D eigenvalue weighted by Gasteiger charge is 2.35. The summed E-state index contributed by atoms with van der Waals surface area (Å²) in [5.41, 5.74) is 0.123. The number of carboxylic acid groups (broad SMARTS) is 3. The van der Waals surface area contributed by atoms with Crippen LogP contribution in [0.25, 0.3) is 0 Å². The lowest BCUT2D eigenvalue weighted by Crippen LogP contribution is -2.59. The first-order valence-electron chi connectivity index (χ1n) is 23.4. The molecule has 2 rings (SSSR count).